The van der Waals surface area contributed by atoms with Crippen LogP contribution in [0.1, 0.15) is 49.7 Å². The number of nitrogens with one attached hydrogen (secondary N) is 1. The lowest BCUT2D eigenvalue weighted by atomic mass is 9.52. The van der Waals surface area contributed by atoms with Crippen LogP contribution in [-0.4, -0.2) is 18.6 Å². The van der Waals surface area contributed by atoms with Gasteiger partial charge in [0, 0.05) is 12.7 Å². The fourth-order valence-corrected chi connectivity index (χ4v) is 4.92. The highest BCUT2D eigenvalue weighted by molar-refractivity contribution is 5.41. The molecule has 3 heteroatoms. The molecule has 132 valence electrons. The maximum Gasteiger partial charge on any atom is 0.125 e. The first-order chi connectivity index (χ1) is 12.1. The quantitative estimate of drug-likeness (QED) is 0.824. The molecule has 1 N–H and O–H groups in total. The van der Waals surface area contributed by atoms with Crippen molar-refractivity contribution in [2.24, 2.45) is 5.41 Å². The van der Waals surface area contributed by atoms with Crippen molar-refractivity contribution in [1.82, 2.24) is 4.98 Å². The zero-order valence-corrected chi connectivity index (χ0v) is 15.3. The molecule has 3 saturated carbocycles. The number of fused-ring (bicyclic) bond motifs is 3. The van der Waals surface area contributed by atoms with E-state index in [-0.39, 0.29) is 0 Å². The molecule has 3 aliphatic rings. The van der Waals surface area contributed by atoms with E-state index in [0.717, 1.165) is 18.1 Å². The summed E-state index contributed by atoms with van der Waals surface area (Å²) in [5.74, 6) is 2.01. The van der Waals surface area contributed by atoms with E-state index in [1.54, 1.807) is 7.11 Å². The summed E-state index contributed by atoms with van der Waals surface area (Å²) in [4.78, 5) is 4.41. The van der Waals surface area contributed by atoms with Crippen molar-refractivity contribution >= 4 is 5.82 Å². The minimum Gasteiger partial charge on any atom is -0.496 e. The molecule has 0 amide bonds. The molecule has 0 unspecified atom stereocenters. The number of nitrogens with zero attached hydrogens (tertiary/aromatic N) is 1. The Morgan fingerprint density at radius 2 is 1.80 bits per heavy atom. The van der Waals surface area contributed by atoms with Crippen LogP contribution < -0.4 is 10.1 Å². The monoisotopic (exact) mass is 336 g/mol. The maximum absolute atomic E-state index is 5.44. The predicted octanol–water partition coefficient (Wildman–Crippen LogP) is 5.10. The largest absolute Gasteiger partial charge is 0.496 e. The summed E-state index contributed by atoms with van der Waals surface area (Å²) in [5.41, 5.74) is 3.63. The van der Waals surface area contributed by atoms with Gasteiger partial charge in [-0.25, -0.2) is 4.98 Å². The first-order valence-corrected chi connectivity index (χ1v) is 9.45. The molecular weight excluding hydrogens is 308 g/mol. The Bertz CT molecular complexity index is 716. The fourth-order valence-electron chi connectivity index (χ4n) is 4.92. The SMILES string of the molecule is COc1ccc(C23CCC(CNc4ccccn4)(CC2)CC3)cc1C. The first kappa shape index (κ1) is 16.4. The second kappa shape index (κ2) is 6.36. The third-order valence-electron chi connectivity index (χ3n) is 6.72. The Kier molecular flexibility index (Phi) is 4.18. The summed E-state index contributed by atoms with van der Waals surface area (Å²) in [6, 6.07) is 12.9. The van der Waals surface area contributed by atoms with Crippen molar-refractivity contribution in [1.29, 1.82) is 0 Å². The van der Waals surface area contributed by atoms with E-state index < -0.39 is 0 Å². The van der Waals surface area contributed by atoms with Gasteiger partial charge < -0.3 is 10.1 Å². The molecule has 1 aromatic carbocycles. The molecule has 25 heavy (non-hydrogen) atoms. The molecule has 0 aliphatic heterocycles. The summed E-state index contributed by atoms with van der Waals surface area (Å²) < 4.78 is 5.44. The van der Waals surface area contributed by atoms with Gasteiger partial charge in [-0.05, 0) is 85.6 Å². The predicted molar refractivity (Wildman–Crippen MR) is 102 cm³/mol. The summed E-state index contributed by atoms with van der Waals surface area (Å²) in [6.07, 6.45) is 9.74. The normalized spacial score (nSPS) is 27.9. The van der Waals surface area contributed by atoms with Crippen molar-refractivity contribution in [3.8, 4) is 5.75 Å². The molecule has 1 aromatic heterocycles. The summed E-state index contributed by atoms with van der Waals surface area (Å²) in [6.45, 7) is 3.22. The number of hydrogen-bond donors (Lipinski definition) is 1. The topological polar surface area (TPSA) is 34.1 Å². The van der Waals surface area contributed by atoms with Crippen LogP contribution >= 0.6 is 0 Å². The average molecular weight is 336 g/mol. The van der Waals surface area contributed by atoms with Crippen molar-refractivity contribution < 1.29 is 4.74 Å². The Morgan fingerprint density at radius 1 is 1.04 bits per heavy atom. The lowest BCUT2D eigenvalue weighted by Gasteiger charge is -2.54. The minimum atomic E-state index is 0.393. The Balaban J connectivity index is 1.46. The Hall–Kier alpha value is -2.03. The molecule has 3 aliphatic carbocycles. The molecule has 0 radical (unpaired) electrons. The van der Waals surface area contributed by atoms with Gasteiger partial charge in [-0.3, -0.25) is 0 Å². The number of aryl methyl sites for hydroxylation is 1. The van der Waals surface area contributed by atoms with Gasteiger partial charge in [0.2, 0.25) is 0 Å². The second-order valence-corrected chi connectivity index (χ2v) is 8.03. The number of hydrogen-bond acceptors (Lipinski definition) is 3. The van der Waals surface area contributed by atoms with Crippen LogP contribution in [0.15, 0.2) is 42.6 Å². The Morgan fingerprint density at radius 3 is 2.40 bits per heavy atom. The standard InChI is InChI=1S/C22H28N2O/c1-17-15-18(6-7-19(17)25-2)22-11-8-21(9-12-22,10-13-22)16-24-20-5-3-4-14-23-20/h3-7,14-15H,8-13,16H2,1-2H3,(H,23,24). The van der Waals surface area contributed by atoms with Gasteiger partial charge in [0.15, 0.2) is 0 Å². The smallest absolute Gasteiger partial charge is 0.125 e. The van der Waals surface area contributed by atoms with Crippen molar-refractivity contribution in [3.63, 3.8) is 0 Å². The van der Waals surface area contributed by atoms with Crippen molar-refractivity contribution in [3.05, 3.63) is 53.7 Å². The summed E-state index contributed by atoms with van der Waals surface area (Å²) >= 11 is 0. The molecule has 2 bridgehead atoms. The van der Waals surface area contributed by atoms with Gasteiger partial charge in [0.05, 0.1) is 7.11 Å². The molecular formula is C22H28N2O. The van der Waals surface area contributed by atoms with Gasteiger partial charge in [0.25, 0.3) is 0 Å². The van der Waals surface area contributed by atoms with E-state index in [1.807, 2.05) is 18.3 Å². The maximum atomic E-state index is 5.44. The van der Waals surface area contributed by atoms with Crippen LogP contribution in [0, 0.1) is 12.3 Å². The number of ether oxygens (including phenoxy) is 1. The van der Waals surface area contributed by atoms with E-state index >= 15 is 0 Å². The number of benzene rings is 1. The number of rotatable bonds is 5. The van der Waals surface area contributed by atoms with Crippen LogP contribution in [0.5, 0.6) is 5.75 Å². The second-order valence-electron chi connectivity index (χ2n) is 8.03. The molecule has 1 heterocycles. The van der Waals surface area contributed by atoms with Crippen LogP contribution in [0.25, 0.3) is 0 Å². The van der Waals surface area contributed by atoms with Gasteiger partial charge in [0.1, 0.15) is 11.6 Å². The third-order valence-corrected chi connectivity index (χ3v) is 6.72. The summed E-state index contributed by atoms with van der Waals surface area (Å²) in [7, 11) is 1.75. The molecule has 5 rings (SSSR count). The lowest BCUT2D eigenvalue weighted by molar-refractivity contribution is 0.0505. The van der Waals surface area contributed by atoms with E-state index in [1.165, 1.54) is 49.7 Å². The zero-order valence-electron chi connectivity index (χ0n) is 15.3. The van der Waals surface area contributed by atoms with Gasteiger partial charge in [-0.2, -0.15) is 0 Å². The molecule has 0 saturated heterocycles. The zero-order chi connectivity index (χ0) is 17.3. The highest BCUT2D eigenvalue weighted by Gasteiger charge is 2.49. The minimum absolute atomic E-state index is 0.393. The molecule has 0 spiro atoms. The molecule has 3 nitrogen and oxygen atoms in total. The fraction of sp³-hybridized carbons (Fsp3) is 0.500. The lowest BCUT2D eigenvalue weighted by Crippen LogP contribution is -2.47. The Labute approximate surface area is 150 Å². The van der Waals surface area contributed by atoms with E-state index in [2.05, 4.69) is 41.5 Å². The van der Waals surface area contributed by atoms with Crippen LogP contribution in [0.4, 0.5) is 5.82 Å². The highest BCUT2D eigenvalue weighted by atomic mass is 16.5. The highest BCUT2D eigenvalue weighted by Crippen LogP contribution is 2.57. The van der Waals surface area contributed by atoms with Crippen LogP contribution in [0.2, 0.25) is 0 Å². The number of pyridine rings is 1. The molecule has 0 atom stereocenters. The molecule has 3 fully saturated rings. The van der Waals surface area contributed by atoms with Gasteiger partial charge >= 0.3 is 0 Å². The van der Waals surface area contributed by atoms with Gasteiger partial charge in [-0.15, -0.1) is 0 Å². The number of methoxy groups -OCH3 is 1. The van der Waals surface area contributed by atoms with E-state index in [0.29, 0.717) is 10.8 Å². The average Bonchev–Trinajstić information content (AvgIpc) is 2.69. The van der Waals surface area contributed by atoms with Crippen LogP contribution in [-0.2, 0) is 5.41 Å². The van der Waals surface area contributed by atoms with Crippen LogP contribution in [0.3, 0.4) is 0 Å². The van der Waals surface area contributed by atoms with Gasteiger partial charge in [-0.1, -0.05) is 18.2 Å². The first-order valence-electron chi connectivity index (χ1n) is 9.45. The third kappa shape index (κ3) is 3.01. The molecule has 2 aromatic rings. The number of anilines is 1. The van der Waals surface area contributed by atoms with Crippen molar-refractivity contribution in [2.45, 2.75) is 50.9 Å². The number of aromatic nitrogens is 1. The van der Waals surface area contributed by atoms with Crippen molar-refractivity contribution in [2.75, 3.05) is 19.0 Å². The van der Waals surface area contributed by atoms with E-state index in [4.69, 9.17) is 4.74 Å². The van der Waals surface area contributed by atoms with E-state index in [9.17, 15) is 0 Å². The summed E-state index contributed by atoms with van der Waals surface area (Å²) in [5, 5.41) is 3.58.